The van der Waals surface area contributed by atoms with E-state index in [4.69, 9.17) is 10.5 Å². The molecule has 0 aliphatic carbocycles. The van der Waals surface area contributed by atoms with Gasteiger partial charge in [-0.25, -0.2) is 0 Å². The lowest BCUT2D eigenvalue weighted by molar-refractivity contribution is 0.152. The largest absolute Gasteiger partial charge is 0.380 e. The van der Waals surface area contributed by atoms with Gasteiger partial charge < -0.3 is 15.4 Å². The summed E-state index contributed by atoms with van der Waals surface area (Å²) in [6.07, 6.45) is 1.09. The van der Waals surface area contributed by atoms with Gasteiger partial charge in [-0.2, -0.15) is 0 Å². The highest BCUT2D eigenvalue weighted by molar-refractivity contribution is 9.10. The molecule has 1 aliphatic heterocycles. The van der Waals surface area contributed by atoms with Gasteiger partial charge in [0.1, 0.15) is 0 Å². The van der Waals surface area contributed by atoms with Crippen molar-refractivity contribution < 1.29 is 4.74 Å². The quantitative estimate of drug-likeness (QED) is 0.904. The fourth-order valence-corrected chi connectivity index (χ4v) is 2.43. The maximum absolute atomic E-state index is 5.64. The molecule has 16 heavy (non-hydrogen) atoms. The molecule has 0 bridgehead atoms. The summed E-state index contributed by atoms with van der Waals surface area (Å²) >= 11 is 3.56. The molecule has 0 radical (unpaired) electrons. The van der Waals surface area contributed by atoms with Crippen LogP contribution in [-0.4, -0.2) is 26.3 Å². The Labute approximate surface area is 105 Å². The Bertz CT molecular complexity index is 349. The van der Waals surface area contributed by atoms with Gasteiger partial charge >= 0.3 is 0 Å². The van der Waals surface area contributed by atoms with Gasteiger partial charge in [0.25, 0.3) is 0 Å². The van der Waals surface area contributed by atoms with Crippen molar-refractivity contribution in [2.45, 2.75) is 13.0 Å². The number of halogens is 1. The number of hydrogen-bond acceptors (Lipinski definition) is 3. The Morgan fingerprint density at radius 1 is 1.31 bits per heavy atom. The number of nitrogens with zero attached hydrogens (tertiary/aromatic N) is 1. The van der Waals surface area contributed by atoms with E-state index in [1.165, 1.54) is 5.69 Å². The molecular formula is C12H17BrN2O. The van der Waals surface area contributed by atoms with Gasteiger partial charge in [0.2, 0.25) is 0 Å². The number of ether oxygens (including phenoxy) is 1. The van der Waals surface area contributed by atoms with Crippen molar-refractivity contribution >= 4 is 21.6 Å². The highest BCUT2D eigenvalue weighted by Crippen LogP contribution is 2.24. The van der Waals surface area contributed by atoms with E-state index in [0.717, 1.165) is 42.8 Å². The first-order valence-corrected chi connectivity index (χ1v) is 6.42. The van der Waals surface area contributed by atoms with Crippen molar-refractivity contribution in [2.24, 2.45) is 5.73 Å². The maximum atomic E-state index is 5.64. The van der Waals surface area contributed by atoms with Gasteiger partial charge in [0.15, 0.2) is 0 Å². The van der Waals surface area contributed by atoms with E-state index >= 15 is 0 Å². The minimum Gasteiger partial charge on any atom is -0.380 e. The molecule has 0 aromatic heterocycles. The lowest BCUT2D eigenvalue weighted by atomic mass is 10.2. The topological polar surface area (TPSA) is 38.5 Å². The number of nitrogens with two attached hydrogens (primary N) is 1. The molecule has 1 fully saturated rings. The standard InChI is InChI=1S/C12H17BrN2O/c13-12-8-11(3-2-10(12)9-14)15-4-1-6-16-7-5-15/h2-3,8H,1,4-7,9,14H2. The molecule has 1 heterocycles. The summed E-state index contributed by atoms with van der Waals surface area (Å²) in [6.45, 7) is 4.29. The molecule has 1 aromatic rings. The fourth-order valence-electron chi connectivity index (χ4n) is 1.90. The van der Waals surface area contributed by atoms with Gasteiger partial charge in [-0.05, 0) is 24.1 Å². The van der Waals surface area contributed by atoms with Crippen molar-refractivity contribution in [1.29, 1.82) is 0 Å². The van der Waals surface area contributed by atoms with E-state index in [2.05, 4.69) is 39.0 Å². The van der Waals surface area contributed by atoms with Crippen molar-refractivity contribution in [2.75, 3.05) is 31.2 Å². The lowest BCUT2D eigenvalue weighted by Crippen LogP contribution is -2.25. The van der Waals surface area contributed by atoms with Crippen LogP contribution in [0.1, 0.15) is 12.0 Å². The number of rotatable bonds is 2. The van der Waals surface area contributed by atoms with E-state index in [0.29, 0.717) is 6.54 Å². The number of hydrogen-bond donors (Lipinski definition) is 1. The zero-order chi connectivity index (χ0) is 11.4. The van der Waals surface area contributed by atoms with Gasteiger partial charge in [-0.3, -0.25) is 0 Å². The first-order valence-electron chi connectivity index (χ1n) is 5.62. The minimum atomic E-state index is 0.573. The van der Waals surface area contributed by atoms with E-state index in [1.54, 1.807) is 0 Å². The van der Waals surface area contributed by atoms with E-state index in [1.807, 2.05) is 0 Å². The predicted molar refractivity (Wildman–Crippen MR) is 69.7 cm³/mol. The van der Waals surface area contributed by atoms with Gasteiger partial charge in [-0.15, -0.1) is 0 Å². The molecule has 2 N–H and O–H groups in total. The molecule has 1 aliphatic rings. The molecule has 0 atom stereocenters. The van der Waals surface area contributed by atoms with Crippen LogP contribution in [0.2, 0.25) is 0 Å². The highest BCUT2D eigenvalue weighted by Gasteiger charge is 2.10. The van der Waals surface area contributed by atoms with Crippen molar-refractivity contribution in [3.63, 3.8) is 0 Å². The zero-order valence-corrected chi connectivity index (χ0v) is 10.9. The second-order valence-electron chi connectivity index (χ2n) is 3.93. The fraction of sp³-hybridized carbons (Fsp3) is 0.500. The summed E-state index contributed by atoms with van der Waals surface area (Å²) in [6, 6.07) is 6.37. The molecule has 0 unspecified atom stereocenters. The summed E-state index contributed by atoms with van der Waals surface area (Å²) in [5, 5.41) is 0. The monoisotopic (exact) mass is 284 g/mol. The van der Waals surface area contributed by atoms with Crippen LogP contribution in [0, 0.1) is 0 Å². The van der Waals surface area contributed by atoms with Crippen LogP contribution in [0.5, 0.6) is 0 Å². The van der Waals surface area contributed by atoms with Crippen LogP contribution in [-0.2, 0) is 11.3 Å². The molecule has 88 valence electrons. The van der Waals surface area contributed by atoms with Crippen molar-refractivity contribution in [3.05, 3.63) is 28.2 Å². The summed E-state index contributed by atoms with van der Waals surface area (Å²) in [5.74, 6) is 0. The van der Waals surface area contributed by atoms with Gasteiger partial charge in [0.05, 0.1) is 6.61 Å². The molecular weight excluding hydrogens is 268 g/mol. The second-order valence-corrected chi connectivity index (χ2v) is 4.79. The average Bonchev–Trinajstić information content (AvgIpc) is 2.57. The predicted octanol–water partition coefficient (Wildman–Crippen LogP) is 2.13. The van der Waals surface area contributed by atoms with Crippen LogP contribution >= 0.6 is 15.9 Å². The molecule has 4 heteroatoms. The molecule has 0 saturated carbocycles. The first-order chi connectivity index (χ1) is 7.81. The van der Waals surface area contributed by atoms with E-state index in [9.17, 15) is 0 Å². The van der Waals surface area contributed by atoms with Crippen LogP contribution in [0.3, 0.4) is 0 Å². The third-order valence-corrected chi connectivity index (χ3v) is 3.58. The summed E-state index contributed by atoms with van der Waals surface area (Å²) in [5.41, 5.74) is 8.03. The van der Waals surface area contributed by atoms with Crippen LogP contribution < -0.4 is 10.6 Å². The van der Waals surface area contributed by atoms with E-state index in [-0.39, 0.29) is 0 Å². The Hall–Kier alpha value is -0.580. The molecule has 0 spiro atoms. The number of benzene rings is 1. The Morgan fingerprint density at radius 2 is 2.19 bits per heavy atom. The third-order valence-electron chi connectivity index (χ3n) is 2.84. The molecule has 1 saturated heterocycles. The maximum Gasteiger partial charge on any atom is 0.0641 e. The van der Waals surface area contributed by atoms with Crippen molar-refractivity contribution in [1.82, 2.24) is 0 Å². The minimum absolute atomic E-state index is 0.573. The summed E-state index contributed by atoms with van der Waals surface area (Å²) in [4.78, 5) is 2.36. The molecule has 2 rings (SSSR count). The highest BCUT2D eigenvalue weighted by atomic mass is 79.9. The first kappa shape index (κ1) is 11.9. The average molecular weight is 285 g/mol. The molecule has 3 nitrogen and oxygen atoms in total. The third kappa shape index (κ3) is 2.75. The molecule has 0 amide bonds. The SMILES string of the molecule is NCc1ccc(N2CCCOCC2)cc1Br. The van der Waals surface area contributed by atoms with Crippen molar-refractivity contribution in [3.8, 4) is 0 Å². The summed E-state index contributed by atoms with van der Waals surface area (Å²) < 4.78 is 6.54. The second kappa shape index (κ2) is 5.66. The normalized spacial score (nSPS) is 17.2. The number of anilines is 1. The van der Waals surface area contributed by atoms with Crippen LogP contribution in [0.4, 0.5) is 5.69 Å². The van der Waals surface area contributed by atoms with Gasteiger partial charge in [-0.1, -0.05) is 22.0 Å². The Balaban J connectivity index is 2.16. The molecule has 1 aromatic carbocycles. The van der Waals surface area contributed by atoms with Gasteiger partial charge in [0, 0.05) is 36.4 Å². The van der Waals surface area contributed by atoms with Crippen LogP contribution in [0.15, 0.2) is 22.7 Å². The lowest BCUT2D eigenvalue weighted by Gasteiger charge is -2.22. The zero-order valence-electron chi connectivity index (χ0n) is 9.29. The van der Waals surface area contributed by atoms with Crippen LogP contribution in [0.25, 0.3) is 0 Å². The Kier molecular flexibility index (Phi) is 4.21. The Morgan fingerprint density at radius 3 is 2.94 bits per heavy atom. The summed E-state index contributed by atoms with van der Waals surface area (Å²) in [7, 11) is 0. The smallest absolute Gasteiger partial charge is 0.0641 e. The van der Waals surface area contributed by atoms with E-state index < -0.39 is 0 Å².